The zero-order valence-corrected chi connectivity index (χ0v) is 12.0. The molecule has 4 heteroatoms. The molecule has 0 amide bonds. The number of carboxylic acids is 1. The maximum absolute atomic E-state index is 11.1. The first kappa shape index (κ1) is 13.1. The number of para-hydroxylation sites is 1. The lowest BCUT2D eigenvalue weighted by atomic mass is 10.0. The van der Waals surface area contributed by atoms with E-state index < -0.39 is 5.97 Å². The average Bonchev–Trinajstić information content (AvgIpc) is 2.88. The number of hydrogen-bond donors (Lipinski definition) is 2. The van der Waals surface area contributed by atoms with Crippen molar-refractivity contribution in [1.29, 1.82) is 0 Å². The molecule has 112 valence electrons. The summed E-state index contributed by atoms with van der Waals surface area (Å²) in [5, 5.41) is 12.7. The first-order valence-electron chi connectivity index (χ1n) is 7.94. The highest BCUT2D eigenvalue weighted by Crippen LogP contribution is 2.65. The Morgan fingerprint density at radius 2 is 1.95 bits per heavy atom. The van der Waals surface area contributed by atoms with Gasteiger partial charge in [0.2, 0.25) is 0 Å². The molecular weight excluding hydrogens is 266 g/mol. The second-order valence-electron chi connectivity index (χ2n) is 6.62. The van der Waals surface area contributed by atoms with E-state index in [1.807, 2.05) is 0 Å². The molecule has 4 rings (SSSR count). The van der Waals surface area contributed by atoms with Gasteiger partial charge in [0.25, 0.3) is 0 Å². The first-order chi connectivity index (χ1) is 10.3. The number of ether oxygens (including phenoxy) is 1. The summed E-state index contributed by atoms with van der Waals surface area (Å²) in [6.45, 7) is 1.32. The molecule has 0 heterocycles. The summed E-state index contributed by atoms with van der Waals surface area (Å²) in [7, 11) is 0. The SMILES string of the molecule is O=C(O)c1ccccc1OCCNC1C2C3CCC(C3)C12. The van der Waals surface area contributed by atoms with Crippen molar-refractivity contribution >= 4 is 5.97 Å². The molecule has 4 nitrogen and oxygen atoms in total. The van der Waals surface area contributed by atoms with E-state index in [-0.39, 0.29) is 5.56 Å². The first-order valence-corrected chi connectivity index (χ1v) is 7.94. The third-order valence-electron chi connectivity index (χ3n) is 5.59. The van der Waals surface area contributed by atoms with Gasteiger partial charge in [0, 0.05) is 12.6 Å². The Bertz CT molecular complexity index is 543. The number of carboxylic acid groups (broad SMARTS) is 1. The number of fused-ring (bicyclic) bond motifs is 5. The van der Waals surface area contributed by atoms with Crippen LogP contribution in [0.5, 0.6) is 5.75 Å². The molecule has 3 aliphatic carbocycles. The molecule has 0 aliphatic heterocycles. The second-order valence-corrected chi connectivity index (χ2v) is 6.62. The molecule has 0 saturated heterocycles. The lowest BCUT2D eigenvalue weighted by Crippen LogP contribution is -2.27. The summed E-state index contributed by atoms with van der Waals surface area (Å²) in [6.07, 6.45) is 4.34. The Kier molecular flexibility index (Phi) is 3.14. The molecule has 0 spiro atoms. The van der Waals surface area contributed by atoms with Crippen LogP contribution in [0.1, 0.15) is 29.6 Å². The van der Waals surface area contributed by atoms with E-state index in [1.54, 1.807) is 24.3 Å². The molecule has 3 aliphatic rings. The van der Waals surface area contributed by atoms with Gasteiger partial charge in [-0.05, 0) is 55.1 Å². The molecule has 0 radical (unpaired) electrons. The molecule has 21 heavy (non-hydrogen) atoms. The number of benzene rings is 1. The molecule has 3 saturated carbocycles. The number of hydrogen-bond acceptors (Lipinski definition) is 3. The van der Waals surface area contributed by atoms with E-state index in [1.165, 1.54) is 19.3 Å². The second kappa shape index (κ2) is 5.02. The molecular formula is C17H21NO3. The minimum atomic E-state index is -0.938. The Morgan fingerprint density at radius 3 is 2.67 bits per heavy atom. The topological polar surface area (TPSA) is 58.6 Å². The Hall–Kier alpha value is -1.55. The van der Waals surface area contributed by atoms with Crippen molar-refractivity contribution in [3.63, 3.8) is 0 Å². The van der Waals surface area contributed by atoms with Crippen molar-refractivity contribution < 1.29 is 14.6 Å². The highest BCUT2D eigenvalue weighted by molar-refractivity contribution is 5.90. The van der Waals surface area contributed by atoms with E-state index in [4.69, 9.17) is 9.84 Å². The third kappa shape index (κ3) is 2.22. The molecule has 4 atom stereocenters. The van der Waals surface area contributed by atoms with Crippen molar-refractivity contribution in [3.05, 3.63) is 29.8 Å². The molecule has 1 aromatic rings. The van der Waals surface area contributed by atoms with Gasteiger partial charge in [-0.3, -0.25) is 0 Å². The number of aromatic carboxylic acids is 1. The van der Waals surface area contributed by atoms with Crippen LogP contribution in [0.2, 0.25) is 0 Å². The van der Waals surface area contributed by atoms with E-state index in [9.17, 15) is 4.79 Å². The summed E-state index contributed by atoms with van der Waals surface area (Å²) in [5.74, 6) is 3.33. The van der Waals surface area contributed by atoms with Crippen molar-refractivity contribution in [2.45, 2.75) is 25.3 Å². The third-order valence-corrected chi connectivity index (χ3v) is 5.59. The molecule has 2 bridgehead atoms. The van der Waals surface area contributed by atoms with Gasteiger partial charge in [0.05, 0.1) is 0 Å². The van der Waals surface area contributed by atoms with Crippen LogP contribution >= 0.6 is 0 Å². The van der Waals surface area contributed by atoms with Gasteiger partial charge in [0.1, 0.15) is 17.9 Å². The van der Waals surface area contributed by atoms with Crippen molar-refractivity contribution in [2.24, 2.45) is 23.7 Å². The fourth-order valence-electron chi connectivity index (χ4n) is 4.75. The molecule has 0 aromatic heterocycles. The Morgan fingerprint density at radius 1 is 1.24 bits per heavy atom. The van der Waals surface area contributed by atoms with Crippen LogP contribution in [0.3, 0.4) is 0 Å². The largest absolute Gasteiger partial charge is 0.491 e. The van der Waals surface area contributed by atoms with Crippen LogP contribution < -0.4 is 10.1 Å². The van der Waals surface area contributed by atoms with E-state index >= 15 is 0 Å². The van der Waals surface area contributed by atoms with Crippen LogP contribution in [0.25, 0.3) is 0 Å². The van der Waals surface area contributed by atoms with Gasteiger partial charge < -0.3 is 15.2 Å². The van der Waals surface area contributed by atoms with E-state index in [0.29, 0.717) is 18.4 Å². The standard InChI is InChI=1S/C17H21NO3/c19-17(20)12-3-1-2-4-13(12)21-8-7-18-16-14-10-5-6-11(9-10)15(14)16/h1-4,10-11,14-16,18H,5-9H2,(H,19,20). The lowest BCUT2D eigenvalue weighted by molar-refractivity contribution is 0.0692. The van der Waals surface area contributed by atoms with E-state index in [2.05, 4.69) is 5.32 Å². The summed E-state index contributed by atoms with van der Waals surface area (Å²) in [4.78, 5) is 11.1. The molecule has 1 aromatic carbocycles. The van der Waals surface area contributed by atoms with Crippen LogP contribution in [0.4, 0.5) is 0 Å². The van der Waals surface area contributed by atoms with Gasteiger partial charge in [-0.1, -0.05) is 12.1 Å². The lowest BCUT2D eigenvalue weighted by Gasteiger charge is -2.12. The zero-order chi connectivity index (χ0) is 14.4. The fourth-order valence-corrected chi connectivity index (χ4v) is 4.75. The maximum Gasteiger partial charge on any atom is 0.339 e. The Labute approximate surface area is 124 Å². The average molecular weight is 287 g/mol. The van der Waals surface area contributed by atoms with Crippen molar-refractivity contribution in [2.75, 3.05) is 13.2 Å². The van der Waals surface area contributed by atoms with Gasteiger partial charge in [-0.2, -0.15) is 0 Å². The summed E-state index contributed by atoms with van der Waals surface area (Å²) in [6, 6.07) is 7.52. The van der Waals surface area contributed by atoms with Gasteiger partial charge in [-0.15, -0.1) is 0 Å². The normalized spacial score (nSPS) is 35.5. The highest BCUT2D eigenvalue weighted by atomic mass is 16.5. The minimum absolute atomic E-state index is 0.235. The predicted octanol–water partition coefficient (Wildman–Crippen LogP) is 2.40. The van der Waals surface area contributed by atoms with Crippen LogP contribution in [-0.2, 0) is 0 Å². The predicted molar refractivity (Wildman–Crippen MR) is 78.5 cm³/mol. The van der Waals surface area contributed by atoms with Gasteiger partial charge >= 0.3 is 5.97 Å². The van der Waals surface area contributed by atoms with E-state index in [0.717, 1.165) is 30.2 Å². The number of rotatable bonds is 6. The van der Waals surface area contributed by atoms with Crippen LogP contribution in [0, 0.1) is 23.7 Å². The van der Waals surface area contributed by atoms with Crippen molar-refractivity contribution in [3.8, 4) is 5.75 Å². The number of nitrogens with one attached hydrogen (secondary N) is 1. The molecule has 4 unspecified atom stereocenters. The van der Waals surface area contributed by atoms with Crippen LogP contribution in [-0.4, -0.2) is 30.3 Å². The highest BCUT2D eigenvalue weighted by Gasteiger charge is 2.64. The maximum atomic E-state index is 11.1. The van der Waals surface area contributed by atoms with Crippen LogP contribution in [0.15, 0.2) is 24.3 Å². The monoisotopic (exact) mass is 287 g/mol. The minimum Gasteiger partial charge on any atom is -0.491 e. The van der Waals surface area contributed by atoms with Gasteiger partial charge in [-0.25, -0.2) is 4.79 Å². The quantitative estimate of drug-likeness (QED) is 0.789. The summed E-state index contributed by atoms with van der Waals surface area (Å²) in [5.41, 5.74) is 0.235. The molecule has 3 fully saturated rings. The Balaban J connectivity index is 1.25. The summed E-state index contributed by atoms with van der Waals surface area (Å²) >= 11 is 0. The van der Waals surface area contributed by atoms with Gasteiger partial charge in [0.15, 0.2) is 0 Å². The smallest absolute Gasteiger partial charge is 0.339 e. The molecule has 2 N–H and O–H groups in total. The zero-order valence-electron chi connectivity index (χ0n) is 12.0. The number of carbonyl (C=O) groups is 1. The van der Waals surface area contributed by atoms with Crippen molar-refractivity contribution in [1.82, 2.24) is 5.32 Å². The summed E-state index contributed by atoms with van der Waals surface area (Å²) < 4.78 is 5.62. The fraction of sp³-hybridized carbons (Fsp3) is 0.588.